The van der Waals surface area contributed by atoms with E-state index in [1.807, 2.05) is 35.0 Å². The van der Waals surface area contributed by atoms with Gasteiger partial charge in [-0.1, -0.05) is 25.1 Å². The maximum atomic E-state index is 12.8. The van der Waals surface area contributed by atoms with Crippen LogP contribution in [0.15, 0.2) is 55.1 Å². The molecule has 0 radical (unpaired) electrons. The maximum absolute atomic E-state index is 12.8. The molecule has 9 nitrogen and oxygen atoms in total. The van der Waals surface area contributed by atoms with Crippen LogP contribution >= 0.6 is 0 Å². The number of alkyl halides is 1. The van der Waals surface area contributed by atoms with Crippen molar-refractivity contribution in [3.63, 3.8) is 0 Å². The summed E-state index contributed by atoms with van der Waals surface area (Å²) in [6.07, 6.45) is 7.71. The molecule has 0 amide bonds. The first-order valence-corrected chi connectivity index (χ1v) is 11.7. The third-order valence-corrected chi connectivity index (χ3v) is 6.17. The number of pyridine rings is 1. The molecule has 0 aliphatic carbocycles. The minimum absolute atomic E-state index is 0.129. The SMILES string of the molecule is CC[C@H](C)n1ncc2nc(-c3cnn(CCF)c3)nc(NC(CO)c3cnc4ccccc4c3)c21. The van der Waals surface area contributed by atoms with Gasteiger partial charge in [0.25, 0.3) is 0 Å². The first kappa shape index (κ1) is 22.9. The standard InChI is InChI=1S/C25H27FN8O/c1-3-16(2)34-23-21(13-29-34)30-24(19-12-28-33(14-19)9-8-26)32-25(23)31-22(15-35)18-10-17-6-4-5-7-20(17)27-11-18/h4-7,10-14,16,22,35H,3,8-9,15H2,1-2H3,(H,30,31,32)/t16-,22?/m0/s1. The second kappa shape index (κ2) is 9.75. The Hall–Kier alpha value is -3.92. The van der Waals surface area contributed by atoms with Crippen LogP contribution in [-0.4, -0.2) is 52.9 Å². The van der Waals surface area contributed by atoms with E-state index in [-0.39, 0.29) is 19.2 Å². The number of aromatic nitrogens is 7. The molecule has 0 bridgehead atoms. The lowest BCUT2D eigenvalue weighted by Crippen LogP contribution is -2.18. The lowest BCUT2D eigenvalue weighted by Gasteiger charge is -2.20. The predicted octanol–water partition coefficient (Wildman–Crippen LogP) is 4.32. The average Bonchev–Trinajstić information content (AvgIpc) is 3.54. The second-order valence-corrected chi connectivity index (χ2v) is 8.50. The van der Waals surface area contributed by atoms with Gasteiger partial charge in [0.1, 0.15) is 17.7 Å². The van der Waals surface area contributed by atoms with E-state index in [1.54, 1.807) is 24.8 Å². The van der Waals surface area contributed by atoms with E-state index < -0.39 is 12.7 Å². The Labute approximate surface area is 201 Å². The number of halogens is 1. The zero-order valence-corrected chi connectivity index (χ0v) is 19.6. The number of nitrogens with zero attached hydrogens (tertiary/aromatic N) is 7. The molecule has 5 rings (SSSR count). The first-order chi connectivity index (χ1) is 17.1. The molecule has 0 saturated heterocycles. The van der Waals surface area contributed by atoms with Gasteiger partial charge in [-0.15, -0.1) is 0 Å². The number of fused-ring (bicyclic) bond motifs is 2. The molecule has 4 aromatic heterocycles. The van der Waals surface area contributed by atoms with Crippen molar-refractivity contribution in [2.45, 2.75) is 38.9 Å². The number of hydrogen-bond acceptors (Lipinski definition) is 7. The zero-order valence-electron chi connectivity index (χ0n) is 19.6. The van der Waals surface area contributed by atoms with Crippen LogP contribution in [0.4, 0.5) is 10.2 Å². The van der Waals surface area contributed by atoms with Crippen LogP contribution in [0.1, 0.15) is 37.9 Å². The van der Waals surface area contributed by atoms with Crippen molar-refractivity contribution in [3.05, 3.63) is 60.7 Å². The van der Waals surface area contributed by atoms with Crippen LogP contribution < -0.4 is 5.32 Å². The van der Waals surface area contributed by atoms with Crippen molar-refractivity contribution >= 4 is 27.8 Å². The van der Waals surface area contributed by atoms with Crippen LogP contribution in [0.2, 0.25) is 0 Å². The zero-order chi connectivity index (χ0) is 24.4. The summed E-state index contributed by atoms with van der Waals surface area (Å²) < 4.78 is 16.2. The fourth-order valence-electron chi connectivity index (χ4n) is 4.07. The summed E-state index contributed by atoms with van der Waals surface area (Å²) in [5.41, 5.74) is 3.83. The van der Waals surface area contributed by atoms with Crippen molar-refractivity contribution in [2.75, 3.05) is 18.6 Å². The Morgan fingerprint density at radius 3 is 2.74 bits per heavy atom. The number of rotatable bonds is 9. The molecule has 1 unspecified atom stereocenters. The van der Waals surface area contributed by atoms with Crippen molar-refractivity contribution in [3.8, 4) is 11.4 Å². The van der Waals surface area contributed by atoms with Crippen molar-refractivity contribution in [1.82, 2.24) is 34.5 Å². The van der Waals surface area contributed by atoms with Crippen LogP contribution in [-0.2, 0) is 6.54 Å². The summed E-state index contributed by atoms with van der Waals surface area (Å²) in [7, 11) is 0. The molecule has 10 heteroatoms. The molecule has 5 aromatic rings. The number of para-hydroxylation sites is 1. The second-order valence-electron chi connectivity index (χ2n) is 8.50. The molecule has 2 atom stereocenters. The van der Waals surface area contributed by atoms with E-state index >= 15 is 0 Å². The van der Waals surface area contributed by atoms with E-state index in [9.17, 15) is 9.50 Å². The molecule has 35 heavy (non-hydrogen) atoms. The van der Waals surface area contributed by atoms with E-state index in [2.05, 4.69) is 34.3 Å². The smallest absolute Gasteiger partial charge is 0.165 e. The fourth-order valence-corrected chi connectivity index (χ4v) is 4.07. The molecule has 180 valence electrons. The quantitative estimate of drug-likeness (QED) is 0.328. The van der Waals surface area contributed by atoms with E-state index in [0.29, 0.717) is 22.7 Å². The molecule has 0 spiro atoms. The van der Waals surface area contributed by atoms with Gasteiger partial charge in [-0.25, -0.2) is 14.4 Å². The summed E-state index contributed by atoms with van der Waals surface area (Å²) in [5.74, 6) is 0.996. The van der Waals surface area contributed by atoms with Crippen LogP contribution in [0.25, 0.3) is 33.3 Å². The van der Waals surface area contributed by atoms with Crippen LogP contribution in [0.5, 0.6) is 0 Å². The van der Waals surface area contributed by atoms with Gasteiger partial charge < -0.3 is 10.4 Å². The van der Waals surface area contributed by atoms with E-state index in [0.717, 1.165) is 28.4 Å². The monoisotopic (exact) mass is 474 g/mol. The third kappa shape index (κ3) is 4.44. The van der Waals surface area contributed by atoms with Crippen molar-refractivity contribution in [1.29, 1.82) is 0 Å². The Kier molecular flexibility index (Phi) is 6.37. The number of aliphatic hydroxyl groups is 1. The molecular weight excluding hydrogens is 447 g/mol. The first-order valence-electron chi connectivity index (χ1n) is 11.7. The molecule has 4 heterocycles. The minimum Gasteiger partial charge on any atom is -0.394 e. The maximum Gasteiger partial charge on any atom is 0.165 e. The van der Waals surface area contributed by atoms with Gasteiger partial charge >= 0.3 is 0 Å². The number of hydrogen-bond donors (Lipinski definition) is 2. The van der Waals surface area contributed by atoms with Gasteiger partial charge in [0.05, 0.1) is 42.7 Å². The number of anilines is 1. The summed E-state index contributed by atoms with van der Waals surface area (Å²) in [5, 5.41) is 23.5. The van der Waals surface area contributed by atoms with Crippen LogP contribution in [0.3, 0.4) is 0 Å². The lowest BCUT2D eigenvalue weighted by atomic mass is 10.1. The fraction of sp³-hybridized carbons (Fsp3) is 0.320. The van der Waals surface area contributed by atoms with Gasteiger partial charge in [-0.2, -0.15) is 10.2 Å². The lowest BCUT2D eigenvalue weighted by molar-refractivity contribution is 0.276. The molecule has 1 aromatic carbocycles. The summed E-state index contributed by atoms with van der Waals surface area (Å²) in [4.78, 5) is 14.1. The number of aryl methyl sites for hydroxylation is 1. The number of aliphatic hydroxyl groups excluding tert-OH is 1. The van der Waals surface area contributed by atoms with Crippen molar-refractivity contribution < 1.29 is 9.50 Å². The summed E-state index contributed by atoms with van der Waals surface area (Å²) >= 11 is 0. The highest BCUT2D eigenvalue weighted by Gasteiger charge is 2.21. The highest BCUT2D eigenvalue weighted by Crippen LogP contribution is 2.30. The van der Waals surface area contributed by atoms with Crippen LogP contribution in [0, 0.1) is 0 Å². The van der Waals surface area contributed by atoms with Gasteiger partial charge in [-0.3, -0.25) is 14.3 Å². The Bertz CT molecular complexity index is 1460. The summed E-state index contributed by atoms with van der Waals surface area (Å²) in [6.45, 7) is 3.68. The minimum atomic E-state index is -0.506. The number of nitrogens with one attached hydrogen (secondary N) is 1. The highest BCUT2D eigenvalue weighted by atomic mass is 19.1. The van der Waals surface area contributed by atoms with Gasteiger partial charge in [0, 0.05) is 23.8 Å². The predicted molar refractivity (Wildman–Crippen MR) is 133 cm³/mol. The van der Waals surface area contributed by atoms with Gasteiger partial charge in [0.2, 0.25) is 0 Å². The molecular formula is C25H27FN8O. The molecule has 0 aliphatic rings. The van der Waals surface area contributed by atoms with Gasteiger partial charge in [-0.05, 0) is 31.0 Å². The Morgan fingerprint density at radius 1 is 1.09 bits per heavy atom. The molecule has 0 saturated carbocycles. The summed E-state index contributed by atoms with van der Waals surface area (Å²) in [6, 6.07) is 9.55. The molecule has 2 N–H and O–H groups in total. The van der Waals surface area contributed by atoms with E-state index in [1.165, 1.54) is 4.68 Å². The Balaban J connectivity index is 1.60. The topological polar surface area (TPSA) is 107 Å². The largest absolute Gasteiger partial charge is 0.394 e. The third-order valence-electron chi connectivity index (χ3n) is 6.17. The van der Waals surface area contributed by atoms with Gasteiger partial charge in [0.15, 0.2) is 11.6 Å². The highest BCUT2D eigenvalue weighted by molar-refractivity contribution is 5.87. The number of benzene rings is 1. The van der Waals surface area contributed by atoms with E-state index in [4.69, 9.17) is 9.97 Å². The normalized spacial score (nSPS) is 13.4. The Morgan fingerprint density at radius 2 is 1.94 bits per heavy atom. The average molecular weight is 475 g/mol. The molecule has 0 aliphatic heterocycles. The molecule has 0 fully saturated rings. The van der Waals surface area contributed by atoms with Crippen molar-refractivity contribution in [2.24, 2.45) is 0 Å².